The third kappa shape index (κ3) is 4.61. The minimum atomic E-state index is 0.158. The van der Waals surface area contributed by atoms with Gasteiger partial charge in [-0.2, -0.15) is 0 Å². The van der Waals surface area contributed by atoms with Gasteiger partial charge in [-0.1, -0.05) is 0 Å². The summed E-state index contributed by atoms with van der Waals surface area (Å²) >= 11 is 6.59. The van der Waals surface area contributed by atoms with Crippen LogP contribution in [0.4, 0.5) is 5.69 Å². The largest absolute Gasteiger partial charge is 0.479 e. The van der Waals surface area contributed by atoms with Gasteiger partial charge in [0.2, 0.25) is 10.3 Å². The summed E-state index contributed by atoms with van der Waals surface area (Å²) in [7, 11) is 0. The van der Waals surface area contributed by atoms with E-state index in [1.807, 2.05) is 11.8 Å². The van der Waals surface area contributed by atoms with E-state index in [0.29, 0.717) is 11.0 Å². The van der Waals surface area contributed by atoms with Crippen LogP contribution in [0, 0.1) is 0 Å². The molecule has 2 rings (SSSR count). The van der Waals surface area contributed by atoms with Gasteiger partial charge in [-0.25, -0.2) is 0 Å². The van der Waals surface area contributed by atoms with Crippen LogP contribution in [-0.2, 0) is 9.53 Å². The lowest BCUT2D eigenvalue weighted by atomic mass is 10.2. The Morgan fingerprint density at radius 2 is 1.86 bits per heavy atom. The third-order valence-electron chi connectivity index (χ3n) is 3.39. The van der Waals surface area contributed by atoms with Gasteiger partial charge in [0.1, 0.15) is 0 Å². The van der Waals surface area contributed by atoms with Gasteiger partial charge in [0.05, 0.1) is 6.61 Å². The summed E-state index contributed by atoms with van der Waals surface area (Å²) in [5, 5.41) is 0. The van der Waals surface area contributed by atoms with E-state index in [4.69, 9.17) is 17.0 Å². The van der Waals surface area contributed by atoms with Crippen molar-refractivity contribution >= 4 is 40.0 Å². The monoisotopic (exact) mass is 324 g/mol. The molecule has 1 aromatic rings. The van der Waals surface area contributed by atoms with Crippen LogP contribution in [0.5, 0.6) is 0 Å². The average Bonchev–Trinajstić information content (AvgIpc) is 2.48. The predicted molar refractivity (Wildman–Crippen MR) is 91.0 cm³/mol. The fourth-order valence-electron chi connectivity index (χ4n) is 2.25. The molecule has 1 aliphatic heterocycles. The molecule has 0 aromatic heterocycles. The molecular formula is C15H20N2O2S2. The molecule has 1 saturated heterocycles. The Bertz CT molecular complexity index is 497. The molecule has 0 bridgehead atoms. The normalized spacial score (nSPS) is 15.0. The van der Waals surface area contributed by atoms with Crippen molar-refractivity contribution < 1.29 is 9.53 Å². The number of carbonyl (C=O) groups excluding carboxylic acids is 1. The van der Waals surface area contributed by atoms with E-state index in [1.54, 1.807) is 6.92 Å². The number of nitrogens with zero attached hydrogens (tertiary/aromatic N) is 2. The highest BCUT2D eigenvalue weighted by atomic mass is 32.2. The Kier molecular flexibility index (Phi) is 5.87. The van der Waals surface area contributed by atoms with Crippen LogP contribution >= 0.6 is 24.0 Å². The number of anilines is 1. The molecule has 21 heavy (non-hydrogen) atoms. The van der Waals surface area contributed by atoms with E-state index in [9.17, 15) is 4.79 Å². The first-order chi connectivity index (χ1) is 10.1. The zero-order chi connectivity index (χ0) is 15.2. The van der Waals surface area contributed by atoms with Crippen molar-refractivity contribution in [1.29, 1.82) is 0 Å². The summed E-state index contributed by atoms with van der Waals surface area (Å²) in [5.74, 6) is 0.158. The lowest BCUT2D eigenvalue weighted by Crippen LogP contribution is -2.48. The molecule has 1 amide bonds. The Hall–Kier alpha value is -1.27. The van der Waals surface area contributed by atoms with Gasteiger partial charge in [0.15, 0.2) is 0 Å². The van der Waals surface area contributed by atoms with Crippen molar-refractivity contribution in [3.63, 3.8) is 0 Å². The number of hydrogen-bond donors (Lipinski definition) is 0. The Morgan fingerprint density at radius 3 is 2.38 bits per heavy atom. The third-order valence-corrected chi connectivity index (χ3v) is 4.55. The zero-order valence-corrected chi connectivity index (χ0v) is 14.0. The summed E-state index contributed by atoms with van der Waals surface area (Å²) < 4.78 is 5.83. The van der Waals surface area contributed by atoms with Gasteiger partial charge >= 0.3 is 0 Å². The molecule has 0 unspecified atom stereocenters. The van der Waals surface area contributed by atoms with Crippen LogP contribution in [0.15, 0.2) is 29.2 Å². The summed E-state index contributed by atoms with van der Waals surface area (Å²) in [6.45, 7) is 7.50. The minimum absolute atomic E-state index is 0.158. The van der Waals surface area contributed by atoms with E-state index in [0.717, 1.165) is 31.1 Å². The second kappa shape index (κ2) is 7.66. The summed E-state index contributed by atoms with van der Waals surface area (Å²) in [6, 6.07) is 8.31. The fourth-order valence-corrected chi connectivity index (χ4v) is 3.30. The molecule has 0 N–H and O–H groups in total. The lowest BCUT2D eigenvalue weighted by molar-refractivity contribution is -0.129. The second-order valence-corrected chi connectivity index (χ2v) is 6.45. The fraction of sp³-hybridized carbons (Fsp3) is 0.467. The molecule has 0 atom stereocenters. The van der Waals surface area contributed by atoms with Gasteiger partial charge < -0.3 is 14.5 Å². The number of benzene rings is 1. The van der Waals surface area contributed by atoms with E-state index in [-0.39, 0.29) is 5.91 Å². The van der Waals surface area contributed by atoms with Crippen LogP contribution in [0.25, 0.3) is 0 Å². The van der Waals surface area contributed by atoms with Gasteiger partial charge in [-0.15, -0.1) is 0 Å². The SMILES string of the molecule is CCOC(=S)Sc1ccc(N2CCN(C(C)=O)CC2)cc1. The molecule has 0 spiro atoms. The summed E-state index contributed by atoms with van der Waals surface area (Å²) in [5.41, 5.74) is 1.19. The summed E-state index contributed by atoms with van der Waals surface area (Å²) in [4.78, 5) is 16.6. The quantitative estimate of drug-likeness (QED) is 0.631. The molecular weight excluding hydrogens is 304 g/mol. The van der Waals surface area contributed by atoms with Gasteiger partial charge in [0, 0.05) is 43.7 Å². The highest BCUT2D eigenvalue weighted by Crippen LogP contribution is 2.24. The molecule has 1 aliphatic rings. The molecule has 1 fully saturated rings. The van der Waals surface area contributed by atoms with E-state index < -0.39 is 0 Å². The van der Waals surface area contributed by atoms with Gasteiger partial charge in [0.25, 0.3) is 0 Å². The lowest BCUT2D eigenvalue weighted by Gasteiger charge is -2.35. The van der Waals surface area contributed by atoms with Crippen LogP contribution in [-0.4, -0.2) is 48.0 Å². The maximum absolute atomic E-state index is 11.3. The first-order valence-corrected chi connectivity index (χ1v) is 8.27. The number of rotatable bonds is 3. The topological polar surface area (TPSA) is 32.8 Å². The van der Waals surface area contributed by atoms with Crippen LogP contribution in [0.3, 0.4) is 0 Å². The van der Waals surface area contributed by atoms with E-state index in [1.165, 1.54) is 17.4 Å². The molecule has 0 aliphatic carbocycles. The van der Waals surface area contributed by atoms with Crippen molar-refractivity contribution in [3.8, 4) is 0 Å². The molecule has 1 heterocycles. The first-order valence-electron chi connectivity index (χ1n) is 7.05. The zero-order valence-electron chi connectivity index (χ0n) is 12.4. The van der Waals surface area contributed by atoms with Crippen LogP contribution in [0.1, 0.15) is 13.8 Å². The van der Waals surface area contributed by atoms with Gasteiger partial charge in [-0.3, -0.25) is 4.79 Å². The molecule has 4 nitrogen and oxygen atoms in total. The Balaban J connectivity index is 1.91. The maximum atomic E-state index is 11.3. The Labute approximate surface area is 135 Å². The number of hydrogen-bond acceptors (Lipinski definition) is 5. The molecule has 0 radical (unpaired) electrons. The Morgan fingerprint density at radius 1 is 1.24 bits per heavy atom. The number of ether oxygens (including phenoxy) is 1. The molecule has 6 heteroatoms. The predicted octanol–water partition coefficient (Wildman–Crippen LogP) is 2.77. The molecule has 0 saturated carbocycles. The summed E-state index contributed by atoms with van der Waals surface area (Å²) in [6.07, 6.45) is 0. The minimum Gasteiger partial charge on any atom is -0.479 e. The van der Waals surface area contributed by atoms with E-state index in [2.05, 4.69) is 29.2 Å². The number of piperazine rings is 1. The molecule has 114 valence electrons. The van der Waals surface area contributed by atoms with Crippen molar-refractivity contribution in [3.05, 3.63) is 24.3 Å². The van der Waals surface area contributed by atoms with Crippen LogP contribution in [0.2, 0.25) is 0 Å². The standard InChI is InChI=1S/C15H20N2O2S2/c1-3-19-15(20)21-14-6-4-13(5-7-14)17-10-8-16(9-11-17)12(2)18/h4-7H,3,8-11H2,1-2H3. The van der Waals surface area contributed by atoms with Crippen LogP contribution < -0.4 is 4.90 Å². The van der Waals surface area contributed by atoms with Crippen molar-refractivity contribution in [2.24, 2.45) is 0 Å². The van der Waals surface area contributed by atoms with Crippen molar-refractivity contribution in [2.45, 2.75) is 18.7 Å². The maximum Gasteiger partial charge on any atom is 0.224 e. The van der Waals surface area contributed by atoms with Crippen molar-refractivity contribution in [2.75, 3.05) is 37.7 Å². The smallest absolute Gasteiger partial charge is 0.224 e. The number of thiocarbonyl (C=S) groups is 1. The van der Waals surface area contributed by atoms with Crippen molar-refractivity contribution in [1.82, 2.24) is 4.90 Å². The van der Waals surface area contributed by atoms with E-state index >= 15 is 0 Å². The number of thioether (sulfide) groups is 1. The highest BCUT2D eigenvalue weighted by molar-refractivity contribution is 8.22. The van der Waals surface area contributed by atoms with Gasteiger partial charge in [-0.05, 0) is 55.2 Å². The second-order valence-electron chi connectivity index (χ2n) is 4.77. The molecule has 1 aromatic carbocycles. The highest BCUT2D eigenvalue weighted by Gasteiger charge is 2.18. The number of amides is 1. The average molecular weight is 324 g/mol. The number of carbonyl (C=O) groups is 1. The first kappa shape index (κ1) is 16.1.